The second kappa shape index (κ2) is 5.72. The van der Waals surface area contributed by atoms with Gasteiger partial charge in [0.1, 0.15) is 17.3 Å². The lowest BCUT2D eigenvalue weighted by Crippen LogP contribution is -2.54. The van der Waals surface area contributed by atoms with Gasteiger partial charge in [0.05, 0.1) is 7.11 Å². The molecule has 3 heteroatoms. The maximum atomic E-state index is 13.1. The Labute approximate surface area is 143 Å². The van der Waals surface area contributed by atoms with E-state index in [2.05, 4.69) is 13.0 Å². The summed E-state index contributed by atoms with van der Waals surface area (Å²) < 4.78 is 5.33. The van der Waals surface area contributed by atoms with Crippen LogP contribution in [0, 0.1) is 30.1 Å². The van der Waals surface area contributed by atoms with Gasteiger partial charge >= 0.3 is 0 Å². The zero-order chi connectivity index (χ0) is 16.9. The third kappa shape index (κ3) is 2.58. The van der Waals surface area contributed by atoms with Gasteiger partial charge in [-0.15, -0.1) is 0 Å². The molecule has 1 aromatic rings. The van der Waals surface area contributed by atoms with E-state index in [-0.39, 0.29) is 17.3 Å². The molecule has 4 aliphatic carbocycles. The maximum Gasteiger partial charge on any atom is 0.139 e. The van der Waals surface area contributed by atoms with Crippen molar-refractivity contribution in [2.24, 2.45) is 23.2 Å². The molecular formula is C21H26O3. The highest BCUT2D eigenvalue weighted by Gasteiger charge is 2.57. The van der Waals surface area contributed by atoms with Crippen LogP contribution in [-0.4, -0.2) is 18.7 Å². The summed E-state index contributed by atoms with van der Waals surface area (Å²) in [6.07, 6.45) is 6.13. The Balaban J connectivity index is 1.47. The Kier molecular flexibility index (Phi) is 3.78. The number of benzene rings is 1. The van der Waals surface area contributed by atoms with E-state index in [0.29, 0.717) is 23.9 Å². The molecule has 0 saturated heterocycles. The highest BCUT2D eigenvalue weighted by molar-refractivity contribution is 5.92. The average molecular weight is 326 g/mol. The molecule has 3 nitrogen and oxygen atoms in total. The van der Waals surface area contributed by atoms with Gasteiger partial charge in [0, 0.05) is 23.7 Å². The van der Waals surface area contributed by atoms with Crippen LogP contribution in [0.5, 0.6) is 5.75 Å². The lowest BCUT2D eigenvalue weighted by molar-refractivity contribution is -0.156. The molecule has 0 heterocycles. The number of carbonyl (C=O) groups is 2. The third-order valence-electron chi connectivity index (χ3n) is 6.57. The molecule has 2 atom stereocenters. The number of ether oxygens (including phenoxy) is 1. The Bertz CT molecular complexity index is 672. The van der Waals surface area contributed by atoms with Gasteiger partial charge in [0.25, 0.3) is 0 Å². The smallest absolute Gasteiger partial charge is 0.139 e. The Morgan fingerprint density at radius 1 is 1.17 bits per heavy atom. The van der Waals surface area contributed by atoms with Crippen molar-refractivity contribution in [2.75, 3.05) is 7.11 Å². The average Bonchev–Trinajstić information content (AvgIpc) is 2.56. The summed E-state index contributed by atoms with van der Waals surface area (Å²) in [7, 11) is 1.68. The first-order chi connectivity index (χ1) is 11.5. The van der Waals surface area contributed by atoms with E-state index in [0.717, 1.165) is 49.8 Å². The van der Waals surface area contributed by atoms with Crippen LogP contribution in [0.25, 0.3) is 0 Å². The summed E-state index contributed by atoms with van der Waals surface area (Å²) in [5.74, 6) is 2.69. The second-order valence-electron chi connectivity index (χ2n) is 8.31. The van der Waals surface area contributed by atoms with E-state index < -0.39 is 0 Å². The highest BCUT2D eigenvalue weighted by atomic mass is 16.5. The fraction of sp³-hybridized carbons (Fsp3) is 0.619. The van der Waals surface area contributed by atoms with Crippen molar-refractivity contribution in [1.29, 1.82) is 0 Å². The van der Waals surface area contributed by atoms with Crippen LogP contribution in [0.15, 0.2) is 18.2 Å². The minimum absolute atomic E-state index is 0.180. The number of rotatable bonds is 5. The van der Waals surface area contributed by atoms with Gasteiger partial charge in [0.2, 0.25) is 0 Å². The predicted octanol–water partition coefficient (Wildman–Crippen LogP) is 3.90. The molecule has 5 rings (SSSR count). The number of methoxy groups -OCH3 is 1. The monoisotopic (exact) mass is 326 g/mol. The molecule has 0 amide bonds. The molecule has 0 radical (unpaired) electrons. The zero-order valence-electron chi connectivity index (χ0n) is 14.6. The van der Waals surface area contributed by atoms with Crippen LogP contribution < -0.4 is 4.74 Å². The Hall–Kier alpha value is -1.64. The molecule has 0 spiro atoms. The maximum absolute atomic E-state index is 13.1. The van der Waals surface area contributed by atoms with E-state index in [4.69, 9.17) is 4.74 Å². The zero-order valence-corrected chi connectivity index (χ0v) is 14.6. The number of ketones is 2. The first-order valence-electron chi connectivity index (χ1n) is 9.21. The number of Topliss-reactive ketones (excluding diaryl/α,β-unsaturated/α-hetero) is 2. The van der Waals surface area contributed by atoms with Gasteiger partial charge in [-0.2, -0.15) is 0 Å². The van der Waals surface area contributed by atoms with E-state index in [1.807, 2.05) is 12.1 Å². The SMILES string of the molecule is COc1cc(C)cc(CCC(=O)C23CC4CC(C2)C(=O)C(C4)C3)c1. The standard InChI is InChI=1S/C21H26O3/c1-13-5-14(9-18(6-13)24-2)3-4-19(22)21-10-15-7-16(11-21)20(23)17(8-15)12-21/h5-6,9,15-17H,3-4,7-8,10-12H2,1-2H3. The highest BCUT2D eigenvalue weighted by Crippen LogP contribution is 2.59. The minimum atomic E-state index is -0.182. The summed E-state index contributed by atoms with van der Waals surface area (Å²) in [6.45, 7) is 2.05. The van der Waals surface area contributed by atoms with Crippen molar-refractivity contribution in [1.82, 2.24) is 0 Å². The van der Waals surface area contributed by atoms with Gasteiger partial charge in [-0.3, -0.25) is 9.59 Å². The Morgan fingerprint density at radius 2 is 1.88 bits per heavy atom. The van der Waals surface area contributed by atoms with E-state index in [9.17, 15) is 9.59 Å². The lowest BCUT2D eigenvalue weighted by atomic mass is 9.48. The van der Waals surface area contributed by atoms with Crippen molar-refractivity contribution in [2.45, 2.75) is 51.9 Å². The topological polar surface area (TPSA) is 43.4 Å². The van der Waals surface area contributed by atoms with Crippen LogP contribution in [0.4, 0.5) is 0 Å². The normalized spacial score (nSPS) is 33.8. The number of hydrogen-bond donors (Lipinski definition) is 0. The Morgan fingerprint density at radius 3 is 2.54 bits per heavy atom. The largest absolute Gasteiger partial charge is 0.497 e. The summed E-state index contributed by atoms with van der Waals surface area (Å²) in [5.41, 5.74) is 2.15. The predicted molar refractivity (Wildman–Crippen MR) is 92.1 cm³/mol. The van der Waals surface area contributed by atoms with Crippen LogP contribution in [0.3, 0.4) is 0 Å². The molecule has 0 aliphatic heterocycles. The number of carbonyl (C=O) groups excluding carboxylic acids is 2. The van der Waals surface area contributed by atoms with Crippen molar-refractivity contribution in [3.8, 4) is 5.75 Å². The first kappa shape index (κ1) is 15.9. The minimum Gasteiger partial charge on any atom is -0.497 e. The molecule has 4 fully saturated rings. The molecule has 2 unspecified atom stereocenters. The van der Waals surface area contributed by atoms with Crippen LogP contribution in [0.2, 0.25) is 0 Å². The molecule has 128 valence electrons. The summed E-state index contributed by atoms with van der Waals surface area (Å²) in [6, 6.07) is 6.18. The van der Waals surface area contributed by atoms with Gasteiger partial charge in [-0.25, -0.2) is 0 Å². The molecule has 4 saturated carbocycles. The summed E-state index contributed by atoms with van der Waals surface area (Å²) in [5, 5.41) is 0. The van der Waals surface area contributed by atoms with Crippen molar-refractivity contribution < 1.29 is 14.3 Å². The fourth-order valence-corrected chi connectivity index (χ4v) is 5.70. The molecule has 4 bridgehead atoms. The van der Waals surface area contributed by atoms with Gasteiger partial charge < -0.3 is 4.74 Å². The molecular weight excluding hydrogens is 300 g/mol. The van der Waals surface area contributed by atoms with Gasteiger partial charge in [0.15, 0.2) is 0 Å². The summed E-state index contributed by atoms with van der Waals surface area (Å²) in [4.78, 5) is 25.4. The van der Waals surface area contributed by atoms with Crippen LogP contribution in [-0.2, 0) is 16.0 Å². The molecule has 24 heavy (non-hydrogen) atoms. The molecule has 1 aromatic carbocycles. The fourth-order valence-electron chi connectivity index (χ4n) is 5.70. The van der Waals surface area contributed by atoms with Crippen LogP contribution in [0.1, 0.15) is 49.7 Å². The number of aryl methyl sites for hydroxylation is 2. The molecule has 0 N–H and O–H groups in total. The van der Waals surface area contributed by atoms with Crippen molar-refractivity contribution >= 4 is 11.6 Å². The van der Waals surface area contributed by atoms with E-state index in [1.54, 1.807) is 7.11 Å². The first-order valence-corrected chi connectivity index (χ1v) is 9.21. The van der Waals surface area contributed by atoms with Crippen LogP contribution >= 0.6 is 0 Å². The number of hydrogen-bond acceptors (Lipinski definition) is 3. The van der Waals surface area contributed by atoms with Crippen molar-refractivity contribution in [3.63, 3.8) is 0 Å². The van der Waals surface area contributed by atoms with Gasteiger partial charge in [-0.05, 0) is 74.6 Å². The van der Waals surface area contributed by atoms with E-state index >= 15 is 0 Å². The molecule has 0 aromatic heterocycles. The van der Waals surface area contributed by atoms with E-state index in [1.165, 1.54) is 5.56 Å². The molecule has 4 aliphatic rings. The third-order valence-corrected chi connectivity index (χ3v) is 6.57. The van der Waals surface area contributed by atoms with Crippen molar-refractivity contribution in [3.05, 3.63) is 29.3 Å². The second-order valence-corrected chi connectivity index (χ2v) is 8.31. The lowest BCUT2D eigenvalue weighted by Gasteiger charge is -2.54. The van der Waals surface area contributed by atoms with Gasteiger partial charge in [-0.1, -0.05) is 6.07 Å². The summed E-state index contributed by atoms with van der Waals surface area (Å²) >= 11 is 0. The quantitative estimate of drug-likeness (QED) is 0.824.